The van der Waals surface area contributed by atoms with E-state index < -0.39 is 7.25 Å². The van der Waals surface area contributed by atoms with Crippen LogP contribution in [0.1, 0.15) is 12.8 Å². The summed E-state index contributed by atoms with van der Waals surface area (Å²) < 4.78 is 41.5. The number of rotatable bonds is 5. The second kappa shape index (κ2) is 11.5. The first-order valence-corrected chi connectivity index (χ1v) is 12.1. The van der Waals surface area contributed by atoms with Gasteiger partial charge in [0.1, 0.15) is 0 Å². The van der Waals surface area contributed by atoms with E-state index in [1.807, 2.05) is 0 Å². The Morgan fingerprint density at radius 1 is 0.694 bits per heavy atom. The summed E-state index contributed by atoms with van der Waals surface area (Å²) >= 11 is 0. The van der Waals surface area contributed by atoms with Crippen molar-refractivity contribution in [3.05, 3.63) is 103 Å². The Bertz CT molecular complexity index is 1180. The molecule has 0 unspecified atom stereocenters. The Morgan fingerprint density at radius 2 is 1.11 bits per heavy atom. The minimum absolute atomic E-state index is 0.567. The highest BCUT2D eigenvalue weighted by atomic mass is 19.5. The van der Waals surface area contributed by atoms with Gasteiger partial charge in [-0.05, 0) is 61.8 Å². The molecule has 0 saturated carbocycles. The van der Waals surface area contributed by atoms with Gasteiger partial charge in [-0.3, -0.25) is 4.90 Å². The zero-order valence-corrected chi connectivity index (χ0v) is 20.2. The lowest BCUT2D eigenvalue weighted by atomic mass is 9.98. The average molecular weight is 492 g/mol. The molecule has 0 aliphatic carbocycles. The fourth-order valence-corrected chi connectivity index (χ4v) is 4.73. The molecule has 1 fully saturated rings. The standard InChI is InChI=1S/C29H29N2.BF4/c1-30-19-11-18-27(30)22-31-28(24-14-7-3-8-15-24)20-26(23-12-5-2-6-13-23)21-29(31)25-16-9-4-10-17-25;2-1(3,4)5/h2-10,12-17,20-21,27H,11,18-19,22H2,1H3;/q+1;-1/t27-;/m0./s1. The number of likely N-dealkylation sites (N-methyl/N-ethyl adjacent to an activating group) is 1. The van der Waals surface area contributed by atoms with Crippen LogP contribution in [-0.4, -0.2) is 31.8 Å². The molecule has 0 bridgehead atoms. The summed E-state index contributed by atoms with van der Waals surface area (Å²) in [5.74, 6) is 0. The number of benzene rings is 3. The maximum Gasteiger partial charge on any atom is 0.673 e. The van der Waals surface area contributed by atoms with Gasteiger partial charge in [-0.15, -0.1) is 0 Å². The second-order valence-electron chi connectivity index (χ2n) is 8.99. The molecule has 0 spiro atoms. The molecule has 0 N–H and O–H groups in total. The van der Waals surface area contributed by atoms with E-state index >= 15 is 0 Å². The van der Waals surface area contributed by atoms with Crippen LogP contribution in [0.15, 0.2) is 103 Å². The van der Waals surface area contributed by atoms with Crippen LogP contribution in [-0.2, 0) is 6.54 Å². The van der Waals surface area contributed by atoms with E-state index in [-0.39, 0.29) is 0 Å². The van der Waals surface area contributed by atoms with E-state index in [9.17, 15) is 17.3 Å². The van der Waals surface area contributed by atoms with Crippen LogP contribution >= 0.6 is 0 Å². The van der Waals surface area contributed by atoms with E-state index in [4.69, 9.17) is 0 Å². The first-order chi connectivity index (χ1) is 17.3. The Morgan fingerprint density at radius 3 is 1.50 bits per heavy atom. The van der Waals surface area contributed by atoms with Gasteiger partial charge in [0, 0.05) is 23.3 Å². The van der Waals surface area contributed by atoms with Crippen molar-refractivity contribution in [3.63, 3.8) is 0 Å². The highest BCUT2D eigenvalue weighted by molar-refractivity contribution is 6.50. The molecule has 1 aliphatic rings. The van der Waals surface area contributed by atoms with Crippen molar-refractivity contribution < 1.29 is 21.8 Å². The van der Waals surface area contributed by atoms with Crippen LogP contribution in [0.5, 0.6) is 0 Å². The number of pyridine rings is 1. The number of hydrogen-bond donors (Lipinski definition) is 0. The van der Waals surface area contributed by atoms with Crippen molar-refractivity contribution >= 4 is 7.25 Å². The zero-order valence-electron chi connectivity index (χ0n) is 20.2. The Labute approximate surface area is 209 Å². The molecule has 0 amide bonds. The molecular formula is C29H29BF4N2. The van der Waals surface area contributed by atoms with Crippen molar-refractivity contribution in [2.75, 3.05) is 13.6 Å². The summed E-state index contributed by atoms with van der Waals surface area (Å²) in [4.78, 5) is 2.52. The lowest BCUT2D eigenvalue weighted by Gasteiger charge is -2.20. The van der Waals surface area contributed by atoms with Crippen molar-refractivity contribution in [2.45, 2.75) is 25.4 Å². The first kappa shape index (κ1) is 25.6. The van der Waals surface area contributed by atoms with Crippen molar-refractivity contribution in [3.8, 4) is 33.6 Å². The maximum atomic E-state index is 9.75. The molecule has 7 heteroatoms. The molecule has 4 aromatic rings. The van der Waals surface area contributed by atoms with Gasteiger partial charge in [0.2, 0.25) is 11.4 Å². The third-order valence-corrected chi connectivity index (χ3v) is 6.48. The van der Waals surface area contributed by atoms with Crippen LogP contribution in [0.2, 0.25) is 0 Å². The van der Waals surface area contributed by atoms with Gasteiger partial charge >= 0.3 is 7.25 Å². The molecule has 1 aliphatic heterocycles. The fourth-order valence-electron chi connectivity index (χ4n) is 4.73. The van der Waals surface area contributed by atoms with E-state index in [2.05, 4.69) is 120 Å². The van der Waals surface area contributed by atoms with Gasteiger partial charge in [0.15, 0.2) is 6.54 Å². The second-order valence-corrected chi connectivity index (χ2v) is 8.99. The summed E-state index contributed by atoms with van der Waals surface area (Å²) in [5, 5.41) is 0. The van der Waals surface area contributed by atoms with Crippen molar-refractivity contribution in [2.24, 2.45) is 0 Å². The lowest BCUT2D eigenvalue weighted by Crippen LogP contribution is -2.47. The molecule has 2 heterocycles. The number of aromatic nitrogens is 1. The topological polar surface area (TPSA) is 7.12 Å². The maximum absolute atomic E-state index is 9.75. The summed E-state index contributed by atoms with van der Waals surface area (Å²) in [6, 6.07) is 37.7. The number of hydrogen-bond acceptors (Lipinski definition) is 1. The van der Waals surface area contributed by atoms with Crippen LogP contribution in [0.3, 0.4) is 0 Å². The van der Waals surface area contributed by atoms with Gasteiger partial charge in [-0.2, -0.15) is 4.57 Å². The molecule has 5 rings (SSSR count). The van der Waals surface area contributed by atoms with Gasteiger partial charge in [0.25, 0.3) is 0 Å². The first-order valence-electron chi connectivity index (χ1n) is 12.1. The van der Waals surface area contributed by atoms with Gasteiger partial charge < -0.3 is 17.3 Å². The number of halogens is 4. The van der Waals surface area contributed by atoms with E-state index in [0.29, 0.717) is 6.04 Å². The third kappa shape index (κ3) is 6.82. The summed E-state index contributed by atoms with van der Waals surface area (Å²) in [7, 11) is -3.74. The van der Waals surface area contributed by atoms with Crippen LogP contribution < -0.4 is 4.57 Å². The quantitative estimate of drug-likeness (QED) is 0.160. The monoisotopic (exact) mass is 492 g/mol. The molecule has 1 saturated heterocycles. The molecule has 0 radical (unpaired) electrons. The van der Waals surface area contributed by atoms with E-state index in [0.717, 1.165) is 6.54 Å². The average Bonchev–Trinajstić information content (AvgIpc) is 3.29. The summed E-state index contributed by atoms with van der Waals surface area (Å²) in [6.07, 6.45) is 2.54. The van der Waals surface area contributed by atoms with Gasteiger partial charge in [-0.25, -0.2) is 0 Å². The molecule has 1 atom stereocenters. The SMILES string of the molecule is CN1CCC[C@H]1C[n+]1c(-c2ccccc2)cc(-c2ccccc2)cc1-c1ccccc1.F[B-](F)(F)F. The minimum atomic E-state index is -6.00. The third-order valence-electron chi connectivity index (χ3n) is 6.48. The molecule has 2 nitrogen and oxygen atoms in total. The fraction of sp³-hybridized carbons (Fsp3) is 0.207. The normalized spacial score (nSPS) is 15.9. The predicted octanol–water partition coefficient (Wildman–Crippen LogP) is 7.37. The van der Waals surface area contributed by atoms with E-state index in [1.165, 1.54) is 53.0 Å². The number of likely N-dealkylation sites (tertiary alicyclic amines) is 1. The van der Waals surface area contributed by atoms with Crippen molar-refractivity contribution in [1.82, 2.24) is 4.90 Å². The smallest absolute Gasteiger partial charge is 0.418 e. The van der Waals surface area contributed by atoms with Crippen LogP contribution in [0, 0.1) is 0 Å². The Hall–Kier alpha value is -3.45. The number of nitrogens with zero attached hydrogens (tertiary/aromatic N) is 2. The van der Waals surface area contributed by atoms with Gasteiger partial charge in [-0.1, -0.05) is 66.7 Å². The predicted molar refractivity (Wildman–Crippen MR) is 139 cm³/mol. The summed E-state index contributed by atoms with van der Waals surface area (Å²) in [6.45, 7) is 2.19. The Kier molecular flexibility index (Phi) is 8.21. The van der Waals surface area contributed by atoms with E-state index in [1.54, 1.807) is 0 Å². The summed E-state index contributed by atoms with van der Waals surface area (Å²) in [5.41, 5.74) is 7.59. The van der Waals surface area contributed by atoms with Crippen LogP contribution in [0.4, 0.5) is 17.3 Å². The highest BCUT2D eigenvalue weighted by Crippen LogP contribution is 2.30. The molecule has 36 heavy (non-hydrogen) atoms. The van der Waals surface area contributed by atoms with Gasteiger partial charge in [0.05, 0.1) is 6.04 Å². The van der Waals surface area contributed by atoms with Crippen molar-refractivity contribution in [1.29, 1.82) is 0 Å². The molecule has 3 aromatic carbocycles. The molecule has 1 aromatic heterocycles. The minimum Gasteiger partial charge on any atom is -0.418 e. The molecular weight excluding hydrogens is 463 g/mol. The zero-order chi connectivity index (χ0) is 25.5. The highest BCUT2D eigenvalue weighted by Gasteiger charge is 2.30. The Balaban J connectivity index is 0.000000556. The molecule has 186 valence electrons. The largest absolute Gasteiger partial charge is 0.673 e. The lowest BCUT2D eigenvalue weighted by molar-refractivity contribution is -0.679. The van der Waals surface area contributed by atoms with Crippen LogP contribution in [0.25, 0.3) is 33.6 Å².